The highest BCUT2D eigenvalue weighted by Gasteiger charge is 2.42. The van der Waals surface area contributed by atoms with Crippen LogP contribution >= 0.6 is 0 Å². The summed E-state index contributed by atoms with van der Waals surface area (Å²) in [5.74, 6) is -2.13. The van der Waals surface area contributed by atoms with Crippen LogP contribution in [0.1, 0.15) is 19.8 Å². The van der Waals surface area contributed by atoms with Gasteiger partial charge < -0.3 is 14.9 Å². The number of carbonyl (C=O) groups excluding carboxylic acids is 2. The Bertz CT molecular complexity index is 225. The minimum absolute atomic E-state index is 0.442. The van der Waals surface area contributed by atoms with E-state index >= 15 is 0 Å². The van der Waals surface area contributed by atoms with Crippen LogP contribution in [0, 0.1) is 0 Å². The van der Waals surface area contributed by atoms with Gasteiger partial charge in [-0.1, -0.05) is 13.3 Å². The van der Waals surface area contributed by atoms with E-state index in [9.17, 15) is 14.7 Å². The van der Waals surface area contributed by atoms with Gasteiger partial charge in [-0.3, -0.25) is 4.79 Å². The Morgan fingerprint density at radius 2 is 2.00 bits per heavy atom. The van der Waals surface area contributed by atoms with Crippen molar-refractivity contribution in [1.82, 2.24) is 0 Å². The molecule has 3 atom stereocenters. The lowest BCUT2D eigenvalue weighted by atomic mass is 9.98. The maximum atomic E-state index is 10.8. The predicted octanol–water partition coefficient (Wildman–Crippen LogP) is -0.997. The van der Waals surface area contributed by atoms with Crippen LogP contribution in [0.15, 0.2) is 0 Å². The monoisotopic (exact) mass is 188 g/mol. The predicted molar refractivity (Wildman–Crippen MR) is 41.8 cm³/mol. The topological polar surface area (TPSA) is 83.8 Å². The highest BCUT2D eigenvalue weighted by atomic mass is 16.6. The molecule has 0 spiro atoms. The number of aliphatic hydroxyl groups excluding tert-OH is 2. The highest BCUT2D eigenvalue weighted by Crippen LogP contribution is 2.17. The van der Waals surface area contributed by atoms with Crippen LogP contribution in [0.25, 0.3) is 0 Å². The SMILES string of the molecule is CCCC1OC(=O)C(=O)C(O)C1O. The molecule has 1 aliphatic rings. The number of Topliss-reactive ketones (excluding diaryl/α,β-unsaturated/α-hetero) is 1. The Balaban J connectivity index is 2.70. The van der Waals surface area contributed by atoms with Gasteiger partial charge in [-0.2, -0.15) is 0 Å². The van der Waals surface area contributed by atoms with E-state index in [2.05, 4.69) is 4.74 Å². The lowest BCUT2D eigenvalue weighted by Crippen LogP contribution is -2.52. The van der Waals surface area contributed by atoms with Gasteiger partial charge in [-0.15, -0.1) is 0 Å². The molecule has 5 heteroatoms. The summed E-state index contributed by atoms with van der Waals surface area (Å²) >= 11 is 0. The van der Waals surface area contributed by atoms with E-state index in [1.54, 1.807) is 0 Å². The molecule has 13 heavy (non-hydrogen) atoms. The molecule has 0 bridgehead atoms. The van der Waals surface area contributed by atoms with Gasteiger partial charge in [0.25, 0.3) is 5.78 Å². The molecule has 1 aliphatic heterocycles. The number of cyclic esters (lactones) is 1. The lowest BCUT2D eigenvalue weighted by molar-refractivity contribution is -0.184. The first kappa shape index (κ1) is 10.1. The zero-order chi connectivity index (χ0) is 10.0. The minimum Gasteiger partial charge on any atom is -0.454 e. The molecule has 1 saturated heterocycles. The Hall–Kier alpha value is -0.940. The number of hydrogen-bond donors (Lipinski definition) is 2. The largest absolute Gasteiger partial charge is 0.454 e. The summed E-state index contributed by atoms with van der Waals surface area (Å²) in [5.41, 5.74) is 0. The van der Waals surface area contributed by atoms with Crippen LogP contribution in [-0.4, -0.2) is 40.3 Å². The fraction of sp³-hybridized carbons (Fsp3) is 0.750. The van der Waals surface area contributed by atoms with Crippen LogP contribution in [0.4, 0.5) is 0 Å². The zero-order valence-electron chi connectivity index (χ0n) is 7.27. The van der Waals surface area contributed by atoms with Gasteiger partial charge in [0.15, 0.2) is 6.10 Å². The van der Waals surface area contributed by atoms with E-state index in [4.69, 9.17) is 5.11 Å². The number of ketones is 1. The van der Waals surface area contributed by atoms with Crippen LogP contribution in [0.3, 0.4) is 0 Å². The molecule has 5 nitrogen and oxygen atoms in total. The van der Waals surface area contributed by atoms with Gasteiger partial charge in [-0.25, -0.2) is 4.79 Å². The average molecular weight is 188 g/mol. The number of esters is 1. The minimum atomic E-state index is -1.63. The average Bonchev–Trinajstić information content (AvgIpc) is 2.11. The van der Waals surface area contributed by atoms with Gasteiger partial charge in [0, 0.05) is 0 Å². The van der Waals surface area contributed by atoms with Crippen molar-refractivity contribution in [1.29, 1.82) is 0 Å². The lowest BCUT2D eigenvalue weighted by Gasteiger charge is -2.29. The highest BCUT2D eigenvalue weighted by molar-refractivity contribution is 6.36. The Morgan fingerprint density at radius 1 is 1.38 bits per heavy atom. The van der Waals surface area contributed by atoms with E-state index in [0.717, 1.165) is 0 Å². The van der Waals surface area contributed by atoms with Crippen molar-refractivity contribution >= 4 is 11.8 Å². The number of hydrogen-bond acceptors (Lipinski definition) is 5. The molecule has 3 unspecified atom stereocenters. The number of aliphatic hydroxyl groups is 2. The van der Waals surface area contributed by atoms with Crippen molar-refractivity contribution in [2.24, 2.45) is 0 Å². The Labute approximate surface area is 75.3 Å². The van der Waals surface area contributed by atoms with Gasteiger partial charge in [0.05, 0.1) is 0 Å². The summed E-state index contributed by atoms with van der Waals surface area (Å²) in [6, 6.07) is 0. The van der Waals surface area contributed by atoms with Crippen LogP contribution in [0.2, 0.25) is 0 Å². The molecule has 1 fully saturated rings. The third-order valence-electron chi connectivity index (χ3n) is 2.01. The maximum Gasteiger partial charge on any atom is 0.377 e. The van der Waals surface area contributed by atoms with Crippen LogP contribution in [-0.2, 0) is 14.3 Å². The number of rotatable bonds is 2. The second kappa shape index (κ2) is 3.85. The maximum absolute atomic E-state index is 10.8. The van der Waals surface area contributed by atoms with E-state index in [1.807, 2.05) is 6.92 Å². The molecule has 0 aromatic heterocycles. The van der Waals surface area contributed by atoms with Crippen molar-refractivity contribution in [2.45, 2.75) is 38.1 Å². The third kappa shape index (κ3) is 1.87. The molecule has 2 N–H and O–H groups in total. The fourth-order valence-corrected chi connectivity index (χ4v) is 1.26. The molecule has 1 rings (SSSR count). The standard InChI is InChI=1S/C8H12O5/c1-2-3-4-5(9)6(10)7(11)8(12)13-4/h4-6,9-10H,2-3H2,1H3. The molecule has 0 aromatic carbocycles. The molecular formula is C8H12O5. The summed E-state index contributed by atoms with van der Waals surface area (Å²) in [7, 11) is 0. The van der Waals surface area contributed by atoms with Crippen molar-refractivity contribution in [3.63, 3.8) is 0 Å². The van der Waals surface area contributed by atoms with E-state index in [1.165, 1.54) is 0 Å². The molecule has 74 valence electrons. The molecule has 1 heterocycles. The van der Waals surface area contributed by atoms with Crippen LogP contribution in [0.5, 0.6) is 0 Å². The fourth-order valence-electron chi connectivity index (χ4n) is 1.26. The molecule has 0 amide bonds. The number of carbonyl (C=O) groups is 2. The first-order valence-corrected chi connectivity index (χ1v) is 4.19. The van der Waals surface area contributed by atoms with Gasteiger partial charge >= 0.3 is 5.97 Å². The first-order valence-electron chi connectivity index (χ1n) is 4.19. The summed E-state index contributed by atoms with van der Waals surface area (Å²) in [4.78, 5) is 21.6. The van der Waals surface area contributed by atoms with Crippen LogP contribution < -0.4 is 0 Å². The van der Waals surface area contributed by atoms with Crippen molar-refractivity contribution < 1.29 is 24.5 Å². The Morgan fingerprint density at radius 3 is 2.54 bits per heavy atom. The number of ether oxygens (including phenoxy) is 1. The van der Waals surface area contributed by atoms with Crippen molar-refractivity contribution in [3.8, 4) is 0 Å². The summed E-state index contributed by atoms with van der Waals surface area (Å²) in [6.07, 6.45) is -2.53. The van der Waals surface area contributed by atoms with E-state index < -0.39 is 30.1 Å². The first-order chi connectivity index (χ1) is 6.07. The van der Waals surface area contributed by atoms with E-state index in [-0.39, 0.29) is 0 Å². The van der Waals surface area contributed by atoms with Gasteiger partial charge in [0.1, 0.15) is 12.2 Å². The molecule has 0 saturated carbocycles. The molecule has 0 radical (unpaired) electrons. The smallest absolute Gasteiger partial charge is 0.377 e. The summed E-state index contributed by atoms with van der Waals surface area (Å²) in [6.45, 7) is 1.85. The molecule has 0 aromatic rings. The molecule has 0 aliphatic carbocycles. The zero-order valence-corrected chi connectivity index (χ0v) is 7.27. The van der Waals surface area contributed by atoms with E-state index in [0.29, 0.717) is 12.8 Å². The second-order valence-electron chi connectivity index (χ2n) is 3.03. The summed E-state index contributed by atoms with van der Waals surface area (Å²) in [5, 5.41) is 18.4. The van der Waals surface area contributed by atoms with Gasteiger partial charge in [0.2, 0.25) is 0 Å². The third-order valence-corrected chi connectivity index (χ3v) is 2.01. The Kier molecular flexibility index (Phi) is 3.00. The molecular weight excluding hydrogens is 176 g/mol. The van der Waals surface area contributed by atoms with Crippen molar-refractivity contribution in [2.75, 3.05) is 0 Å². The normalized spacial score (nSPS) is 34.5. The van der Waals surface area contributed by atoms with Crippen molar-refractivity contribution in [3.05, 3.63) is 0 Å². The summed E-state index contributed by atoms with van der Waals surface area (Å²) < 4.78 is 4.62. The van der Waals surface area contributed by atoms with Gasteiger partial charge in [-0.05, 0) is 6.42 Å². The quantitative estimate of drug-likeness (QED) is 0.429. The second-order valence-corrected chi connectivity index (χ2v) is 3.03.